The van der Waals surface area contributed by atoms with E-state index in [0.717, 1.165) is 6.08 Å². The average Bonchev–Trinajstić information content (AvgIpc) is 2.65. The number of amides is 2. The number of non-ortho nitro benzene ring substituents is 1. The number of hydrogen-bond acceptors (Lipinski definition) is 6. The van der Waals surface area contributed by atoms with Crippen LogP contribution >= 0.6 is 0 Å². The Kier molecular flexibility index (Phi) is 6.37. The minimum absolute atomic E-state index is 0.0599. The number of hydrogen-bond donors (Lipinski definition) is 2. The van der Waals surface area contributed by atoms with E-state index in [1.165, 1.54) is 54.6 Å². The third-order valence-electron chi connectivity index (χ3n) is 3.31. The Labute approximate surface area is 153 Å². The lowest BCUT2D eigenvalue weighted by Gasteiger charge is -2.05. The van der Waals surface area contributed by atoms with Crippen LogP contribution in [-0.2, 0) is 14.3 Å². The number of carbonyl (C=O) groups is 3. The fourth-order valence-corrected chi connectivity index (χ4v) is 1.97. The maximum Gasteiger partial charge on any atom is 0.331 e. The number of rotatable bonds is 7. The summed E-state index contributed by atoms with van der Waals surface area (Å²) in [5, 5.41) is 13.1. The van der Waals surface area contributed by atoms with E-state index >= 15 is 0 Å². The normalized spacial score (nSPS) is 10.4. The number of nitrogens with zero attached hydrogens (tertiary/aromatic N) is 1. The van der Waals surface area contributed by atoms with E-state index in [1.807, 2.05) is 0 Å². The predicted octanol–water partition coefficient (Wildman–Crippen LogP) is 1.89. The summed E-state index contributed by atoms with van der Waals surface area (Å²) in [6, 6.07) is 11.5. The van der Waals surface area contributed by atoms with Gasteiger partial charge in [0.1, 0.15) is 0 Å². The molecule has 9 nitrogen and oxygen atoms in total. The highest BCUT2D eigenvalue weighted by Crippen LogP contribution is 2.13. The molecule has 0 radical (unpaired) electrons. The van der Waals surface area contributed by atoms with Gasteiger partial charge in [-0.15, -0.1) is 0 Å². The third kappa shape index (κ3) is 6.09. The molecule has 0 saturated heterocycles. The quantitative estimate of drug-likeness (QED) is 0.330. The molecule has 0 aliphatic rings. The van der Waals surface area contributed by atoms with Crippen molar-refractivity contribution in [3.05, 3.63) is 75.8 Å². The zero-order valence-electron chi connectivity index (χ0n) is 14.0. The lowest BCUT2D eigenvalue weighted by Crippen LogP contribution is -2.20. The van der Waals surface area contributed by atoms with Crippen LogP contribution in [-0.4, -0.2) is 29.3 Å². The molecule has 3 N–H and O–H groups in total. The van der Waals surface area contributed by atoms with Crippen LogP contribution in [0.5, 0.6) is 0 Å². The Bertz CT molecular complexity index is 888. The fourth-order valence-electron chi connectivity index (χ4n) is 1.97. The van der Waals surface area contributed by atoms with Gasteiger partial charge in [-0.05, 0) is 48.0 Å². The standard InChI is InChI=1S/C18H15N3O6/c19-18(24)13-4-6-14(7-5-13)20-16(22)11-27-17(23)10-3-12-1-8-15(9-2-12)21(25)26/h1-10H,11H2,(H2,19,24)(H,20,22)/b10-3+. The summed E-state index contributed by atoms with van der Waals surface area (Å²) in [5.41, 5.74) is 6.34. The lowest BCUT2D eigenvalue weighted by molar-refractivity contribution is -0.384. The summed E-state index contributed by atoms with van der Waals surface area (Å²) < 4.78 is 4.80. The minimum atomic E-state index is -0.743. The number of nitrogens with one attached hydrogen (secondary N) is 1. The maximum atomic E-state index is 11.7. The molecular formula is C18H15N3O6. The summed E-state index contributed by atoms with van der Waals surface area (Å²) >= 11 is 0. The van der Waals surface area contributed by atoms with Gasteiger partial charge in [0.25, 0.3) is 11.6 Å². The van der Waals surface area contributed by atoms with E-state index in [4.69, 9.17) is 10.5 Å². The second-order valence-corrected chi connectivity index (χ2v) is 5.28. The molecule has 0 aliphatic heterocycles. The molecule has 0 aromatic heterocycles. The second-order valence-electron chi connectivity index (χ2n) is 5.28. The van der Waals surface area contributed by atoms with E-state index in [-0.39, 0.29) is 5.69 Å². The number of nitrogens with two attached hydrogens (primary N) is 1. The second kappa shape index (κ2) is 8.90. The summed E-state index contributed by atoms with van der Waals surface area (Å²) in [4.78, 5) is 44.4. The van der Waals surface area contributed by atoms with Crippen LogP contribution in [0.3, 0.4) is 0 Å². The van der Waals surface area contributed by atoms with Gasteiger partial charge in [0, 0.05) is 29.5 Å². The molecule has 138 valence electrons. The number of anilines is 1. The Hall–Kier alpha value is -4.01. The van der Waals surface area contributed by atoms with Crippen molar-refractivity contribution >= 4 is 35.2 Å². The molecule has 0 spiro atoms. The molecule has 0 bridgehead atoms. The summed E-state index contributed by atoms with van der Waals surface area (Å²) in [6.45, 7) is -0.499. The third-order valence-corrected chi connectivity index (χ3v) is 3.31. The van der Waals surface area contributed by atoms with Crippen molar-refractivity contribution in [3.8, 4) is 0 Å². The van der Waals surface area contributed by atoms with Crippen LogP contribution in [0.2, 0.25) is 0 Å². The van der Waals surface area contributed by atoms with Crippen molar-refractivity contribution in [1.29, 1.82) is 0 Å². The molecular weight excluding hydrogens is 354 g/mol. The summed E-state index contributed by atoms with van der Waals surface area (Å²) in [7, 11) is 0. The number of primary amides is 1. The molecule has 0 aliphatic carbocycles. The molecule has 27 heavy (non-hydrogen) atoms. The highest BCUT2D eigenvalue weighted by atomic mass is 16.6. The maximum absolute atomic E-state index is 11.7. The number of ether oxygens (including phenoxy) is 1. The molecule has 0 saturated carbocycles. The largest absolute Gasteiger partial charge is 0.452 e. The van der Waals surface area contributed by atoms with Crippen molar-refractivity contribution in [2.75, 3.05) is 11.9 Å². The van der Waals surface area contributed by atoms with Gasteiger partial charge in [0.2, 0.25) is 5.91 Å². The number of benzene rings is 2. The monoisotopic (exact) mass is 369 g/mol. The van der Waals surface area contributed by atoms with Crippen molar-refractivity contribution in [3.63, 3.8) is 0 Å². The zero-order chi connectivity index (χ0) is 19.8. The molecule has 2 amide bonds. The zero-order valence-corrected chi connectivity index (χ0v) is 14.0. The van der Waals surface area contributed by atoms with Gasteiger partial charge >= 0.3 is 5.97 Å². The molecule has 0 fully saturated rings. The molecule has 2 aromatic rings. The Morgan fingerprint density at radius 3 is 2.26 bits per heavy atom. The topological polar surface area (TPSA) is 142 Å². The van der Waals surface area contributed by atoms with E-state index in [0.29, 0.717) is 16.8 Å². The Morgan fingerprint density at radius 2 is 1.70 bits per heavy atom. The fraction of sp³-hybridized carbons (Fsp3) is 0.0556. The van der Waals surface area contributed by atoms with Gasteiger partial charge in [-0.1, -0.05) is 0 Å². The van der Waals surface area contributed by atoms with Gasteiger partial charge in [-0.25, -0.2) is 4.79 Å². The molecule has 2 aromatic carbocycles. The van der Waals surface area contributed by atoms with Gasteiger partial charge < -0.3 is 15.8 Å². The van der Waals surface area contributed by atoms with Gasteiger partial charge in [0.15, 0.2) is 6.61 Å². The molecule has 0 unspecified atom stereocenters. The highest BCUT2D eigenvalue weighted by molar-refractivity contribution is 5.96. The molecule has 0 atom stereocenters. The number of nitro benzene ring substituents is 1. The van der Waals surface area contributed by atoms with Crippen LogP contribution in [0.1, 0.15) is 15.9 Å². The lowest BCUT2D eigenvalue weighted by atomic mass is 10.2. The first-order valence-electron chi connectivity index (χ1n) is 7.64. The number of carbonyl (C=O) groups excluding carboxylic acids is 3. The highest BCUT2D eigenvalue weighted by Gasteiger charge is 2.07. The first kappa shape index (κ1) is 19.3. The van der Waals surface area contributed by atoms with Crippen molar-refractivity contribution in [1.82, 2.24) is 0 Å². The summed E-state index contributed by atoms with van der Waals surface area (Å²) in [5.74, 6) is -1.88. The van der Waals surface area contributed by atoms with E-state index in [2.05, 4.69) is 5.32 Å². The van der Waals surface area contributed by atoms with Gasteiger partial charge in [-0.3, -0.25) is 19.7 Å². The first-order chi connectivity index (χ1) is 12.8. The summed E-state index contributed by atoms with van der Waals surface area (Å²) in [6.07, 6.45) is 2.52. The van der Waals surface area contributed by atoms with Gasteiger partial charge in [-0.2, -0.15) is 0 Å². The number of esters is 1. The van der Waals surface area contributed by atoms with E-state index < -0.39 is 29.3 Å². The number of nitro groups is 1. The SMILES string of the molecule is NC(=O)c1ccc(NC(=O)COC(=O)/C=C/c2ccc([N+](=O)[O-])cc2)cc1. The Morgan fingerprint density at radius 1 is 1.07 bits per heavy atom. The van der Waals surface area contributed by atoms with Crippen molar-refractivity contribution in [2.24, 2.45) is 5.73 Å². The van der Waals surface area contributed by atoms with Crippen LogP contribution in [0, 0.1) is 10.1 Å². The van der Waals surface area contributed by atoms with Crippen LogP contribution < -0.4 is 11.1 Å². The molecule has 2 rings (SSSR count). The van der Waals surface area contributed by atoms with Crippen molar-refractivity contribution < 1.29 is 24.0 Å². The van der Waals surface area contributed by atoms with E-state index in [9.17, 15) is 24.5 Å². The average molecular weight is 369 g/mol. The predicted molar refractivity (Wildman–Crippen MR) is 96.7 cm³/mol. The Balaban J connectivity index is 1.81. The molecule has 0 heterocycles. The smallest absolute Gasteiger partial charge is 0.331 e. The van der Waals surface area contributed by atoms with Crippen LogP contribution in [0.25, 0.3) is 6.08 Å². The van der Waals surface area contributed by atoms with Gasteiger partial charge in [0.05, 0.1) is 4.92 Å². The van der Waals surface area contributed by atoms with E-state index in [1.54, 1.807) is 0 Å². The molecule has 9 heteroatoms. The minimum Gasteiger partial charge on any atom is -0.452 e. The van der Waals surface area contributed by atoms with Crippen molar-refractivity contribution in [2.45, 2.75) is 0 Å². The van der Waals surface area contributed by atoms with Crippen LogP contribution in [0.4, 0.5) is 11.4 Å². The first-order valence-corrected chi connectivity index (χ1v) is 7.64. The van der Waals surface area contributed by atoms with Crippen LogP contribution in [0.15, 0.2) is 54.6 Å².